The Morgan fingerprint density at radius 3 is 2.23 bits per heavy atom. The third-order valence-corrected chi connectivity index (χ3v) is 14.7. The maximum Gasteiger partial charge on any atom is 0.303 e. The van der Waals surface area contributed by atoms with Gasteiger partial charge in [-0.1, -0.05) is 46.3 Å². The largest absolute Gasteiger partial charge is 0.454 e. The molecule has 5 N–H and O–H groups in total. The summed E-state index contributed by atoms with van der Waals surface area (Å²) in [6.07, 6.45) is 2.99. The molecule has 270 valence electrons. The average molecular weight is 665 g/mol. The topological polar surface area (TPSA) is 146 Å². The number of allylic oxidation sites excluding steroid dienone is 2. The lowest BCUT2D eigenvalue weighted by atomic mass is 9.35. The zero-order valence-corrected chi connectivity index (χ0v) is 30.4. The first-order valence-electron chi connectivity index (χ1n) is 18.2. The minimum absolute atomic E-state index is 0.0109. The molecule has 15 atom stereocenters. The molecule has 5 fully saturated rings. The molecule has 9 nitrogen and oxygen atoms in total. The van der Waals surface area contributed by atoms with Crippen LogP contribution in [0.15, 0.2) is 11.6 Å². The Morgan fingerprint density at radius 2 is 1.62 bits per heavy atom. The summed E-state index contributed by atoms with van der Waals surface area (Å²) in [6, 6.07) is 0. The lowest BCUT2D eigenvalue weighted by Gasteiger charge is -2.71. The highest BCUT2D eigenvalue weighted by Crippen LogP contribution is 2.76. The fourth-order valence-corrected chi connectivity index (χ4v) is 12.3. The van der Waals surface area contributed by atoms with E-state index in [1.54, 1.807) is 0 Å². The summed E-state index contributed by atoms with van der Waals surface area (Å²) in [5.74, 6) is 0.126. The Balaban J connectivity index is 1.39. The number of aliphatic hydroxyl groups is 5. The number of aliphatic hydroxyl groups excluding tert-OH is 4. The van der Waals surface area contributed by atoms with Crippen molar-refractivity contribution in [3.8, 4) is 0 Å². The summed E-state index contributed by atoms with van der Waals surface area (Å²) in [7, 11) is 0. The van der Waals surface area contributed by atoms with E-state index in [1.165, 1.54) is 12.5 Å². The van der Waals surface area contributed by atoms with Gasteiger partial charge in [0, 0.05) is 6.92 Å². The molecule has 5 rings (SSSR count). The number of fused-ring (bicyclic) bond motifs is 5. The lowest BCUT2D eigenvalue weighted by molar-refractivity contribution is -0.334. The van der Waals surface area contributed by atoms with Gasteiger partial charge in [0.05, 0.1) is 24.4 Å². The zero-order chi connectivity index (χ0) is 34.9. The SMILES string of the molecule is CC(=O)O[C@H]1[C@H](O[C@H]2CC[C@]3(C)[C@H]4[C@H](O)C[C@@H]5[C@@H]([C@@](C)(O)CCC=C(C)C)CC[C@@]5(C)[C@]4(C)CC[C@H]3C2(C)C)O[C@H](CO)[C@@H](O)[C@@H]1O. The first kappa shape index (κ1) is 37.2. The summed E-state index contributed by atoms with van der Waals surface area (Å²) < 4.78 is 17.9. The molecule has 0 aromatic rings. The Kier molecular flexibility index (Phi) is 10.2. The van der Waals surface area contributed by atoms with Crippen LogP contribution in [0.2, 0.25) is 0 Å². The molecule has 5 aliphatic rings. The monoisotopic (exact) mass is 664 g/mol. The van der Waals surface area contributed by atoms with E-state index < -0.39 is 55.0 Å². The minimum Gasteiger partial charge on any atom is -0.454 e. The molecule has 0 radical (unpaired) electrons. The molecular weight excluding hydrogens is 600 g/mol. The molecule has 0 unspecified atom stereocenters. The molecule has 4 aliphatic carbocycles. The first-order chi connectivity index (χ1) is 21.7. The van der Waals surface area contributed by atoms with Gasteiger partial charge in [-0.05, 0) is 124 Å². The quantitative estimate of drug-likeness (QED) is 0.139. The second-order valence-corrected chi connectivity index (χ2v) is 17.9. The van der Waals surface area contributed by atoms with Crippen LogP contribution in [0, 0.1) is 45.3 Å². The molecule has 4 saturated carbocycles. The summed E-state index contributed by atoms with van der Waals surface area (Å²) in [5.41, 5.74) is -0.0827. The predicted octanol–water partition coefficient (Wildman–Crippen LogP) is 4.90. The van der Waals surface area contributed by atoms with Crippen LogP contribution in [0.25, 0.3) is 0 Å². The van der Waals surface area contributed by atoms with Gasteiger partial charge < -0.3 is 39.7 Å². The highest BCUT2D eigenvalue weighted by Gasteiger charge is 2.71. The van der Waals surface area contributed by atoms with Crippen LogP contribution in [0.5, 0.6) is 0 Å². The van der Waals surface area contributed by atoms with E-state index in [0.717, 1.165) is 44.9 Å². The van der Waals surface area contributed by atoms with Crippen molar-refractivity contribution in [1.29, 1.82) is 0 Å². The van der Waals surface area contributed by atoms with Crippen LogP contribution in [-0.4, -0.2) is 86.6 Å². The van der Waals surface area contributed by atoms with Crippen LogP contribution in [0.4, 0.5) is 0 Å². The van der Waals surface area contributed by atoms with E-state index in [1.807, 2.05) is 6.92 Å². The Labute approximate surface area is 282 Å². The van der Waals surface area contributed by atoms with Crippen molar-refractivity contribution >= 4 is 5.97 Å². The van der Waals surface area contributed by atoms with Gasteiger partial charge in [-0.3, -0.25) is 4.79 Å². The summed E-state index contributed by atoms with van der Waals surface area (Å²) >= 11 is 0. The Morgan fingerprint density at radius 1 is 0.957 bits per heavy atom. The number of ether oxygens (including phenoxy) is 3. The fourth-order valence-electron chi connectivity index (χ4n) is 12.3. The summed E-state index contributed by atoms with van der Waals surface area (Å²) in [4.78, 5) is 11.9. The van der Waals surface area contributed by atoms with Gasteiger partial charge in [0.15, 0.2) is 12.4 Å². The van der Waals surface area contributed by atoms with Gasteiger partial charge in [0.2, 0.25) is 0 Å². The van der Waals surface area contributed by atoms with Crippen LogP contribution in [0.1, 0.15) is 120 Å². The van der Waals surface area contributed by atoms with E-state index in [4.69, 9.17) is 14.2 Å². The normalized spacial score (nSPS) is 48.8. The molecule has 1 saturated heterocycles. The maximum atomic E-state index is 12.2. The molecule has 0 aromatic heterocycles. The molecule has 0 aromatic carbocycles. The Hall–Kier alpha value is -1.07. The molecular formula is C38H64O9. The van der Waals surface area contributed by atoms with E-state index in [-0.39, 0.29) is 51.4 Å². The predicted molar refractivity (Wildman–Crippen MR) is 178 cm³/mol. The van der Waals surface area contributed by atoms with Crippen molar-refractivity contribution < 1.29 is 44.5 Å². The fraction of sp³-hybridized carbons (Fsp3) is 0.921. The highest BCUT2D eigenvalue weighted by molar-refractivity contribution is 5.66. The smallest absolute Gasteiger partial charge is 0.303 e. The van der Waals surface area contributed by atoms with Gasteiger partial charge >= 0.3 is 5.97 Å². The summed E-state index contributed by atoms with van der Waals surface area (Å²) in [6.45, 7) is 18.7. The van der Waals surface area contributed by atoms with Crippen LogP contribution >= 0.6 is 0 Å². The highest BCUT2D eigenvalue weighted by atomic mass is 16.7. The zero-order valence-electron chi connectivity index (χ0n) is 30.4. The number of hydrogen-bond donors (Lipinski definition) is 5. The number of carbonyl (C=O) groups excluding carboxylic acids is 1. The molecule has 0 spiro atoms. The van der Waals surface area contributed by atoms with Crippen molar-refractivity contribution in [1.82, 2.24) is 0 Å². The van der Waals surface area contributed by atoms with E-state index in [2.05, 4.69) is 54.5 Å². The number of rotatable bonds is 8. The minimum atomic E-state index is -1.46. The standard InChI is InChI=1S/C38H64O9/c1-21(2)11-10-15-38(9,44)23-12-17-36(7)24(23)19-25(41)32-35(6)16-14-28(34(4,5)27(35)13-18-37(32,36)8)47-33-31(45-22(3)40)30(43)29(42)26(20-39)46-33/h11,23-33,39,41-44H,10,12-20H2,1-9H3/t23-,24+,25+,26+,27-,28-,29+,30-,31+,32+,33-,35-,36+,37+,38-/m0/s1. The first-order valence-corrected chi connectivity index (χ1v) is 18.2. The number of carbonyl (C=O) groups is 1. The van der Waals surface area contributed by atoms with Gasteiger partial charge in [-0.25, -0.2) is 0 Å². The average Bonchev–Trinajstić information content (AvgIpc) is 3.31. The van der Waals surface area contributed by atoms with Crippen molar-refractivity contribution in [2.45, 2.75) is 169 Å². The molecule has 1 aliphatic heterocycles. The van der Waals surface area contributed by atoms with E-state index >= 15 is 0 Å². The molecule has 0 amide bonds. The molecule has 47 heavy (non-hydrogen) atoms. The number of esters is 1. The van der Waals surface area contributed by atoms with Crippen molar-refractivity contribution in [2.24, 2.45) is 45.3 Å². The van der Waals surface area contributed by atoms with Crippen molar-refractivity contribution in [2.75, 3.05) is 6.61 Å². The molecule has 0 bridgehead atoms. The van der Waals surface area contributed by atoms with Crippen LogP contribution in [-0.2, 0) is 19.0 Å². The lowest BCUT2D eigenvalue weighted by Crippen LogP contribution is -2.68. The summed E-state index contributed by atoms with van der Waals surface area (Å²) in [5, 5.41) is 55.2. The van der Waals surface area contributed by atoms with E-state index in [0.29, 0.717) is 12.8 Å². The maximum absolute atomic E-state index is 12.2. The second kappa shape index (κ2) is 12.9. The van der Waals surface area contributed by atoms with Crippen molar-refractivity contribution in [3.63, 3.8) is 0 Å². The van der Waals surface area contributed by atoms with Gasteiger partial charge in [0.1, 0.15) is 18.3 Å². The third kappa shape index (κ3) is 6.06. The third-order valence-electron chi connectivity index (χ3n) is 14.7. The molecule has 1 heterocycles. The van der Waals surface area contributed by atoms with E-state index in [9.17, 15) is 30.3 Å². The van der Waals surface area contributed by atoms with Crippen LogP contribution < -0.4 is 0 Å². The number of hydrogen-bond acceptors (Lipinski definition) is 9. The molecule has 9 heteroatoms. The van der Waals surface area contributed by atoms with Gasteiger partial charge in [0.25, 0.3) is 0 Å². The van der Waals surface area contributed by atoms with Gasteiger partial charge in [-0.2, -0.15) is 0 Å². The second-order valence-electron chi connectivity index (χ2n) is 17.9. The van der Waals surface area contributed by atoms with Crippen molar-refractivity contribution in [3.05, 3.63) is 11.6 Å². The van der Waals surface area contributed by atoms with Crippen LogP contribution in [0.3, 0.4) is 0 Å². The van der Waals surface area contributed by atoms with Gasteiger partial charge in [-0.15, -0.1) is 0 Å². The Bertz CT molecular complexity index is 1180.